The van der Waals surface area contributed by atoms with Gasteiger partial charge in [0.05, 0.1) is 19.1 Å². The summed E-state index contributed by atoms with van der Waals surface area (Å²) in [5.41, 5.74) is 1.76. The van der Waals surface area contributed by atoms with Gasteiger partial charge in [0, 0.05) is 49.6 Å². The highest BCUT2D eigenvalue weighted by Gasteiger charge is 2.37. The van der Waals surface area contributed by atoms with Crippen LogP contribution in [-0.2, 0) is 9.22 Å². The minimum atomic E-state index is -1.74. The molecular formula is C24H37N3O5SSi. The van der Waals surface area contributed by atoms with E-state index in [4.69, 9.17) is 13.9 Å². The smallest absolute Gasteiger partial charge is 0.290 e. The highest BCUT2D eigenvalue weighted by molar-refractivity contribution is 8.18. The number of carbonyl (C=O) groups is 2. The molecule has 2 aliphatic heterocycles. The van der Waals surface area contributed by atoms with Gasteiger partial charge in [-0.1, -0.05) is 20.8 Å². The minimum Gasteiger partial charge on any atom is -0.493 e. The lowest BCUT2D eigenvalue weighted by molar-refractivity contribution is -0.115. The average molecular weight is 508 g/mol. The summed E-state index contributed by atoms with van der Waals surface area (Å²) in [6, 6.07) is 4.13. The Balaban J connectivity index is 1.71. The molecule has 2 N–H and O–H groups in total. The number of imide groups is 1. The number of thioether (sulfide) groups is 1. The maximum Gasteiger partial charge on any atom is 0.290 e. The number of nitrogens with one attached hydrogen (secondary N) is 2. The van der Waals surface area contributed by atoms with E-state index in [0.717, 1.165) is 49.1 Å². The second-order valence-corrected chi connectivity index (χ2v) is 15.9. The molecule has 10 heteroatoms. The van der Waals surface area contributed by atoms with Crippen LogP contribution in [-0.4, -0.2) is 66.0 Å². The van der Waals surface area contributed by atoms with Crippen LogP contribution in [0.3, 0.4) is 0 Å². The molecule has 1 aromatic carbocycles. The van der Waals surface area contributed by atoms with E-state index in [9.17, 15) is 9.59 Å². The molecule has 1 aromatic rings. The first kappa shape index (κ1) is 26.6. The van der Waals surface area contributed by atoms with E-state index in [0.29, 0.717) is 29.1 Å². The number of hydrogen-bond acceptors (Lipinski definition) is 8. The van der Waals surface area contributed by atoms with E-state index in [1.807, 2.05) is 12.1 Å². The van der Waals surface area contributed by atoms with E-state index in [1.54, 1.807) is 20.3 Å². The molecular weight excluding hydrogens is 470 g/mol. The number of rotatable bonds is 9. The van der Waals surface area contributed by atoms with E-state index >= 15 is 0 Å². The van der Waals surface area contributed by atoms with Crippen molar-refractivity contribution in [2.75, 3.05) is 45.4 Å². The first-order chi connectivity index (χ1) is 15.9. The fraction of sp³-hybridized carbons (Fsp3) is 0.583. The van der Waals surface area contributed by atoms with Crippen LogP contribution >= 0.6 is 11.8 Å². The van der Waals surface area contributed by atoms with Gasteiger partial charge in [-0.2, -0.15) is 0 Å². The molecule has 8 nitrogen and oxygen atoms in total. The lowest BCUT2D eigenvalue weighted by Crippen LogP contribution is -2.43. The van der Waals surface area contributed by atoms with Crippen molar-refractivity contribution in [1.29, 1.82) is 0 Å². The standard InChI is InChI=1S/C24H37N3O5SSi/c1-24(2,3)34(6,7)32-11-9-25-17-8-10-27(15-17)18-14-20(31-5)19(30-4)12-16(18)13-21-22(28)26-23(29)33-21/h12-14,17,25H,8-11,15H2,1-7H3,(H,26,28,29)/b21-13+. The molecule has 0 aliphatic carbocycles. The number of ether oxygens (including phenoxy) is 2. The molecule has 0 saturated carbocycles. The molecule has 2 heterocycles. The molecule has 0 aromatic heterocycles. The van der Waals surface area contributed by atoms with Crippen molar-refractivity contribution in [2.45, 2.75) is 51.4 Å². The summed E-state index contributed by atoms with van der Waals surface area (Å²) in [6.45, 7) is 14.5. The summed E-state index contributed by atoms with van der Waals surface area (Å²) in [5, 5.41) is 5.79. The van der Waals surface area contributed by atoms with Gasteiger partial charge in [0.25, 0.3) is 11.1 Å². The first-order valence-corrected chi connectivity index (χ1v) is 15.3. The third-order valence-corrected chi connectivity index (χ3v) is 12.1. The minimum absolute atomic E-state index is 0.203. The topological polar surface area (TPSA) is 89.1 Å². The molecule has 188 valence electrons. The Morgan fingerprint density at radius 3 is 2.47 bits per heavy atom. The SMILES string of the molecule is COc1cc(/C=C2/SC(=O)NC2=O)c(N2CCC(NCCO[Si](C)(C)C(C)(C)C)C2)cc1OC. The number of carbonyl (C=O) groups excluding carboxylic acids is 2. The van der Waals surface area contributed by atoms with Crippen LogP contribution in [0.2, 0.25) is 18.1 Å². The fourth-order valence-electron chi connectivity index (χ4n) is 3.77. The summed E-state index contributed by atoms with van der Waals surface area (Å²) in [7, 11) is 1.44. The Morgan fingerprint density at radius 1 is 1.21 bits per heavy atom. The predicted octanol–water partition coefficient (Wildman–Crippen LogP) is 4.22. The molecule has 0 radical (unpaired) electrons. The summed E-state index contributed by atoms with van der Waals surface area (Å²) >= 11 is 0.909. The highest BCUT2D eigenvalue weighted by Crippen LogP contribution is 2.39. The Kier molecular flexibility index (Phi) is 8.38. The Morgan fingerprint density at radius 2 is 1.88 bits per heavy atom. The monoisotopic (exact) mass is 507 g/mol. The van der Waals surface area contributed by atoms with Crippen molar-refractivity contribution in [3.63, 3.8) is 0 Å². The number of nitrogens with zero attached hydrogens (tertiary/aromatic N) is 1. The van der Waals surface area contributed by atoms with Crippen LogP contribution in [0.25, 0.3) is 6.08 Å². The van der Waals surface area contributed by atoms with Crippen LogP contribution < -0.4 is 25.0 Å². The molecule has 34 heavy (non-hydrogen) atoms. The zero-order valence-electron chi connectivity index (χ0n) is 21.2. The van der Waals surface area contributed by atoms with Crippen molar-refractivity contribution in [1.82, 2.24) is 10.6 Å². The quantitative estimate of drug-likeness (QED) is 0.292. The van der Waals surface area contributed by atoms with Gasteiger partial charge in [0.1, 0.15) is 0 Å². The van der Waals surface area contributed by atoms with Crippen molar-refractivity contribution in [2.24, 2.45) is 0 Å². The van der Waals surface area contributed by atoms with E-state index in [1.165, 1.54) is 0 Å². The van der Waals surface area contributed by atoms with Crippen molar-refractivity contribution < 1.29 is 23.5 Å². The highest BCUT2D eigenvalue weighted by atomic mass is 32.2. The number of methoxy groups -OCH3 is 2. The van der Waals surface area contributed by atoms with Crippen LogP contribution in [0, 0.1) is 0 Å². The number of amides is 2. The largest absolute Gasteiger partial charge is 0.493 e. The lowest BCUT2D eigenvalue weighted by Gasteiger charge is -2.36. The molecule has 3 rings (SSSR count). The van der Waals surface area contributed by atoms with Gasteiger partial charge in [-0.25, -0.2) is 0 Å². The summed E-state index contributed by atoms with van der Waals surface area (Å²) in [6.07, 6.45) is 2.74. The Bertz CT molecular complexity index is 961. The number of anilines is 1. The first-order valence-electron chi connectivity index (χ1n) is 11.6. The van der Waals surface area contributed by atoms with Crippen LogP contribution in [0.4, 0.5) is 10.5 Å². The van der Waals surface area contributed by atoms with Gasteiger partial charge in [0.2, 0.25) is 0 Å². The summed E-state index contributed by atoms with van der Waals surface area (Å²) in [4.78, 5) is 26.4. The van der Waals surface area contributed by atoms with Crippen LogP contribution in [0.5, 0.6) is 11.5 Å². The van der Waals surface area contributed by atoms with Gasteiger partial charge in [0.15, 0.2) is 19.8 Å². The third kappa shape index (κ3) is 6.15. The molecule has 2 aliphatic rings. The second-order valence-electron chi connectivity index (χ2n) is 10.1. The molecule has 2 amide bonds. The number of hydrogen-bond donors (Lipinski definition) is 2. The number of benzene rings is 1. The molecule has 2 saturated heterocycles. The zero-order chi connectivity index (χ0) is 25.1. The molecule has 0 bridgehead atoms. The van der Waals surface area contributed by atoms with Gasteiger partial charge < -0.3 is 24.1 Å². The van der Waals surface area contributed by atoms with Crippen LogP contribution in [0.1, 0.15) is 32.8 Å². The van der Waals surface area contributed by atoms with Gasteiger partial charge in [-0.05, 0) is 48.5 Å². The molecule has 2 fully saturated rings. The van der Waals surface area contributed by atoms with E-state index in [-0.39, 0.29) is 16.2 Å². The second kappa shape index (κ2) is 10.7. The van der Waals surface area contributed by atoms with Gasteiger partial charge in [-0.3, -0.25) is 14.9 Å². The maximum absolute atomic E-state index is 12.1. The van der Waals surface area contributed by atoms with E-state index in [2.05, 4.69) is 49.4 Å². The predicted molar refractivity (Wildman–Crippen MR) is 140 cm³/mol. The van der Waals surface area contributed by atoms with Crippen LogP contribution in [0.15, 0.2) is 17.0 Å². The molecule has 1 unspecified atom stereocenters. The van der Waals surface area contributed by atoms with Crippen molar-refractivity contribution in [3.8, 4) is 11.5 Å². The van der Waals surface area contributed by atoms with Gasteiger partial charge in [-0.15, -0.1) is 0 Å². The molecule has 0 spiro atoms. The average Bonchev–Trinajstić information content (AvgIpc) is 3.35. The Labute approximate surface area is 207 Å². The lowest BCUT2D eigenvalue weighted by atomic mass is 10.1. The maximum atomic E-state index is 12.1. The zero-order valence-corrected chi connectivity index (χ0v) is 23.1. The van der Waals surface area contributed by atoms with Crippen molar-refractivity contribution >= 4 is 43.0 Å². The fourth-order valence-corrected chi connectivity index (χ4v) is 5.49. The summed E-state index contributed by atoms with van der Waals surface area (Å²) in [5.74, 6) is 0.821. The Hall–Kier alpha value is -2.01. The summed E-state index contributed by atoms with van der Waals surface area (Å²) < 4.78 is 17.3. The van der Waals surface area contributed by atoms with E-state index < -0.39 is 8.32 Å². The molecule has 1 atom stereocenters. The normalized spacial score (nSPS) is 20.3. The van der Waals surface area contributed by atoms with Gasteiger partial charge >= 0.3 is 0 Å². The third-order valence-electron chi connectivity index (χ3n) is 6.79. The van der Waals surface area contributed by atoms with Crippen molar-refractivity contribution in [3.05, 3.63) is 22.6 Å².